The zero-order valence-electron chi connectivity index (χ0n) is 14.4. The van der Waals surface area contributed by atoms with E-state index < -0.39 is 10.1 Å². The first kappa shape index (κ1) is 20.0. The van der Waals surface area contributed by atoms with Crippen LogP contribution in [0.1, 0.15) is 70.8 Å². The molecule has 0 radical (unpaired) electrons. The first-order valence-electron chi connectivity index (χ1n) is 8.75. The lowest BCUT2D eigenvalue weighted by Crippen LogP contribution is -2.12. The maximum Gasteiger partial charge on any atom is 0.303 e. The van der Waals surface area contributed by atoms with E-state index >= 15 is 0 Å². The summed E-state index contributed by atoms with van der Waals surface area (Å²) < 4.78 is 27.3. The fourth-order valence-electron chi connectivity index (χ4n) is 2.37. The Morgan fingerprint density at radius 2 is 1.43 bits per heavy atom. The second-order valence-corrected chi connectivity index (χ2v) is 7.59. The van der Waals surface area contributed by atoms with Crippen LogP contribution in [-0.2, 0) is 20.9 Å². The summed E-state index contributed by atoms with van der Waals surface area (Å²) in [7, 11) is -3.59. The fraction of sp³-hybridized carbons (Fsp3) is 0.667. The van der Waals surface area contributed by atoms with Gasteiger partial charge in [0.25, 0.3) is 0 Å². The van der Waals surface area contributed by atoms with Gasteiger partial charge in [0.15, 0.2) is 5.75 Å². The lowest BCUT2D eigenvalue weighted by Gasteiger charge is -2.06. The Morgan fingerprint density at radius 3 is 2.04 bits per heavy atom. The van der Waals surface area contributed by atoms with Gasteiger partial charge in [0.1, 0.15) is 0 Å². The number of hydrogen-bond donors (Lipinski definition) is 0. The highest BCUT2D eigenvalue weighted by molar-refractivity contribution is 7.86. The largest absolute Gasteiger partial charge is 0.321 e. The molecule has 0 unspecified atom stereocenters. The molecule has 0 aliphatic carbocycles. The van der Waals surface area contributed by atoms with E-state index in [0.29, 0.717) is 12.2 Å². The minimum Gasteiger partial charge on any atom is -0.321 e. The van der Waals surface area contributed by atoms with Crippen LogP contribution >= 0.6 is 0 Å². The van der Waals surface area contributed by atoms with E-state index in [1.165, 1.54) is 50.5 Å². The molecule has 0 bridgehead atoms. The molecule has 1 aromatic rings. The van der Waals surface area contributed by atoms with Crippen LogP contribution in [0.25, 0.3) is 0 Å². The van der Waals surface area contributed by atoms with Gasteiger partial charge in [-0.3, -0.25) is 0 Å². The van der Waals surface area contributed by atoms with Crippen LogP contribution in [-0.4, -0.2) is 14.2 Å². The van der Waals surface area contributed by atoms with E-state index in [0.717, 1.165) is 6.42 Å². The van der Waals surface area contributed by atoms with Crippen LogP contribution in [0, 0.1) is 0 Å². The third-order valence-corrected chi connectivity index (χ3v) is 4.86. The van der Waals surface area contributed by atoms with Gasteiger partial charge >= 0.3 is 10.1 Å². The van der Waals surface area contributed by atoms with Crippen molar-refractivity contribution in [2.24, 2.45) is 0 Å². The summed E-state index contributed by atoms with van der Waals surface area (Å²) >= 11 is 0. The summed E-state index contributed by atoms with van der Waals surface area (Å²) in [6, 6.07) is 7.42. The van der Waals surface area contributed by atoms with Crippen LogP contribution in [0.15, 0.2) is 24.3 Å². The molecule has 4 nitrogen and oxygen atoms in total. The lowest BCUT2D eigenvalue weighted by molar-refractivity contribution is -0.0925. The smallest absolute Gasteiger partial charge is 0.303 e. The molecule has 0 aliphatic heterocycles. The summed E-state index contributed by atoms with van der Waals surface area (Å²) in [6.45, 7) is 4.01. The van der Waals surface area contributed by atoms with Crippen molar-refractivity contribution in [1.82, 2.24) is 0 Å². The minimum atomic E-state index is -3.59. The van der Waals surface area contributed by atoms with E-state index in [-0.39, 0.29) is 5.75 Å². The molecular weight excluding hydrogens is 312 g/mol. The molecule has 132 valence electrons. The zero-order chi connectivity index (χ0) is 17.0. The van der Waals surface area contributed by atoms with Gasteiger partial charge in [0.2, 0.25) is 0 Å². The first-order valence-corrected chi connectivity index (χ1v) is 10.3. The third-order valence-electron chi connectivity index (χ3n) is 3.68. The number of aryl methyl sites for hydroxylation is 1. The number of hydrogen-bond acceptors (Lipinski definition) is 4. The van der Waals surface area contributed by atoms with Gasteiger partial charge in [0, 0.05) is 0 Å². The van der Waals surface area contributed by atoms with Gasteiger partial charge in [-0.1, -0.05) is 68.8 Å². The normalized spacial score (nSPS) is 11.6. The average molecular weight is 343 g/mol. The summed E-state index contributed by atoms with van der Waals surface area (Å²) in [4.78, 5) is 4.87. The van der Waals surface area contributed by atoms with Gasteiger partial charge < -0.3 is 4.89 Å². The summed E-state index contributed by atoms with van der Waals surface area (Å²) in [6.07, 6.45) is 10.6. The summed E-state index contributed by atoms with van der Waals surface area (Å²) in [5.74, 6) is 0.372. The summed E-state index contributed by atoms with van der Waals surface area (Å²) in [5.41, 5.74) is 1.24. The highest BCUT2D eigenvalue weighted by Crippen LogP contribution is 2.16. The van der Waals surface area contributed by atoms with Crippen LogP contribution < -0.4 is 4.89 Å². The molecule has 0 saturated heterocycles. The molecule has 0 spiro atoms. The van der Waals surface area contributed by atoms with Crippen molar-refractivity contribution >= 4 is 10.1 Å². The van der Waals surface area contributed by atoms with Crippen molar-refractivity contribution in [3.63, 3.8) is 0 Å². The van der Waals surface area contributed by atoms with Gasteiger partial charge in [-0.15, -0.1) is 0 Å². The van der Waals surface area contributed by atoms with Gasteiger partial charge in [-0.05, 0) is 37.0 Å². The van der Waals surface area contributed by atoms with Crippen LogP contribution in [0.3, 0.4) is 0 Å². The second kappa shape index (κ2) is 11.5. The number of unbranched alkanes of at least 4 members (excludes halogenated alkanes) is 6. The summed E-state index contributed by atoms with van der Waals surface area (Å²) in [5, 5.41) is 0. The Kier molecular flexibility index (Phi) is 9.96. The van der Waals surface area contributed by atoms with Crippen LogP contribution in [0.5, 0.6) is 5.75 Å². The average Bonchev–Trinajstić information content (AvgIpc) is 2.53. The maximum atomic E-state index is 11.4. The molecule has 1 aromatic carbocycles. The molecule has 0 aromatic heterocycles. The molecule has 1 rings (SSSR count). The Hall–Kier alpha value is -1.07. The van der Waals surface area contributed by atoms with Crippen LogP contribution in [0.2, 0.25) is 0 Å². The quantitative estimate of drug-likeness (QED) is 0.287. The Labute approximate surface area is 141 Å². The first-order chi connectivity index (χ1) is 11.1. The molecule has 0 amide bonds. The fourth-order valence-corrected chi connectivity index (χ4v) is 3.12. The van der Waals surface area contributed by atoms with Crippen molar-refractivity contribution in [2.45, 2.75) is 71.6 Å². The molecule has 0 aliphatic rings. The zero-order valence-corrected chi connectivity index (χ0v) is 15.2. The lowest BCUT2D eigenvalue weighted by atomic mass is 10.0. The minimum absolute atomic E-state index is 0.0384. The molecule has 0 atom stereocenters. The predicted octanol–water partition coefficient (Wildman–Crippen LogP) is 5.03. The Bertz CT molecular complexity index is 508. The molecule has 0 N–H and O–H groups in total. The van der Waals surface area contributed by atoms with Gasteiger partial charge in [-0.25, -0.2) is 0 Å². The van der Waals surface area contributed by atoms with E-state index in [9.17, 15) is 8.42 Å². The standard InChI is InChI=1S/C18H30O4S/c1-3-5-6-7-8-9-10-11-17-12-14-18(15-13-17)21-22-23(19,20)16-4-2/h12-15H,3-11,16H2,1-2H3. The number of benzene rings is 1. The predicted molar refractivity (Wildman–Crippen MR) is 93.9 cm³/mol. The molecule has 5 heteroatoms. The van der Waals surface area contributed by atoms with Gasteiger partial charge in [0.05, 0.1) is 5.75 Å². The van der Waals surface area contributed by atoms with Crippen molar-refractivity contribution in [2.75, 3.05) is 5.75 Å². The van der Waals surface area contributed by atoms with Crippen molar-refractivity contribution < 1.29 is 17.6 Å². The van der Waals surface area contributed by atoms with Crippen molar-refractivity contribution in [1.29, 1.82) is 0 Å². The SMILES string of the molecule is CCCCCCCCCc1ccc(OOS(=O)(=O)CCC)cc1. The van der Waals surface area contributed by atoms with E-state index in [1.807, 2.05) is 12.1 Å². The van der Waals surface area contributed by atoms with Crippen molar-refractivity contribution in [3.8, 4) is 5.75 Å². The molecular formula is C18H30O4S. The topological polar surface area (TPSA) is 52.6 Å². The van der Waals surface area contributed by atoms with Crippen molar-refractivity contribution in [3.05, 3.63) is 29.8 Å². The number of rotatable bonds is 13. The van der Waals surface area contributed by atoms with Gasteiger partial charge in [-0.2, -0.15) is 8.42 Å². The third kappa shape index (κ3) is 9.61. The molecule has 0 fully saturated rings. The maximum absolute atomic E-state index is 11.4. The second-order valence-electron chi connectivity index (χ2n) is 5.93. The molecule has 23 heavy (non-hydrogen) atoms. The Balaban J connectivity index is 2.23. The molecule has 0 saturated carbocycles. The molecule has 0 heterocycles. The highest BCUT2D eigenvalue weighted by atomic mass is 32.2. The van der Waals surface area contributed by atoms with Crippen LogP contribution in [0.4, 0.5) is 0 Å². The van der Waals surface area contributed by atoms with E-state index in [4.69, 9.17) is 4.89 Å². The highest BCUT2D eigenvalue weighted by Gasteiger charge is 2.11. The van der Waals surface area contributed by atoms with E-state index in [1.54, 1.807) is 19.1 Å². The monoisotopic (exact) mass is 342 g/mol. The Morgan fingerprint density at radius 1 is 0.826 bits per heavy atom. The van der Waals surface area contributed by atoms with E-state index in [2.05, 4.69) is 11.3 Å².